The Hall–Kier alpha value is -1.55. The molecule has 1 saturated heterocycles. The van der Waals surface area contributed by atoms with Crippen LogP contribution in [0.25, 0.3) is 0 Å². The third-order valence-electron chi connectivity index (χ3n) is 3.66. The van der Waals surface area contributed by atoms with Gasteiger partial charge in [-0.15, -0.1) is 0 Å². The normalized spacial score (nSPS) is 27.2. The lowest BCUT2D eigenvalue weighted by Gasteiger charge is -2.40. The molecule has 1 atom stereocenters. The number of anilines is 1. The summed E-state index contributed by atoms with van der Waals surface area (Å²) in [4.78, 5) is 13.2. The van der Waals surface area contributed by atoms with E-state index in [9.17, 15) is 4.79 Å². The number of nitrogens with zero attached hydrogens (tertiary/aromatic N) is 1. The molecule has 0 bridgehead atoms. The number of carbonyl (C=O) groups is 1. The number of amides is 1. The lowest BCUT2D eigenvalue weighted by atomic mass is 9.88. The Labute approximate surface area is 100 Å². The highest BCUT2D eigenvalue weighted by Gasteiger charge is 2.36. The number of fused-ring (bicyclic) bond motifs is 1. The van der Waals surface area contributed by atoms with E-state index in [0.717, 1.165) is 30.0 Å². The molecule has 0 aliphatic carbocycles. The number of carbonyl (C=O) groups excluding carboxylic acids is 1. The largest absolute Gasteiger partial charge is 0.482 e. The SMILES string of the molecule is CN1C(=O)COc2ccc(C3(C)CCO3)cc21. The second kappa shape index (κ2) is 3.47. The number of likely N-dealkylation sites (N-methyl/N-ethyl adjacent to an activating group) is 1. The molecule has 1 amide bonds. The van der Waals surface area contributed by atoms with Gasteiger partial charge in [-0.05, 0) is 24.6 Å². The molecule has 0 spiro atoms. The van der Waals surface area contributed by atoms with Crippen LogP contribution in [0.5, 0.6) is 5.75 Å². The van der Waals surface area contributed by atoms with Crippen LogP contribution in [0.1, 0.15) is 18.9 Å². The van der Waals surface area contributed by atoms with Crippen molar-refractivity contribution >= 4 is 11.6 Å². The van der Waals surface area contributed by atoms with Gasteiger partial charge in [-0.2, -0.15) is 0 Å². The fourth-order valence-electron chi connectivity index (χ4n) is 2.24. The monoisotopic (exact) mass is 233 g/mol. The predicted molar refractivity (Wildman–Crippen MR) is 63.3 cm³/mol. The van der Waals surface area contributed by atoms with Crippen molar-refractivity contribution in [1.82, 2.24) is 0 Å². The molecular formula is C13H15NO3. The van der Waals surface area contributed by atoms with Crippen molar-refractivity contribution in [1.29, 1.82) is 0 Å². The van der Waals surface area contributed by atoms with Crippen molar-refractivity contribution in [2.75, 3.05) is 25.2 Å². The van der Waals surface area contributed by atoms with Crippen LogP contribution in [-0.4, -0.2) is 26.2 Å². The van der Waals surface area contributed by atoms with Crippen molar-refractivity contribution in [2.24, 2.45) is 0 Å². The zero-order valence-electron chi connectivity index (χ0n) is 10.0. The van der Waals surface area contributed by atoms with Gasteiger partial charge in [0.05, 0.1) is 17.9 Å². The molecule has 2 heterocycles. The summed E-state index contributed by atoms with van der Waals surface area (Å²) in [5.41, 5.74) is 1.74. The van der Waals surface area contributed by atoms with Gasteiger partial charge in [-0.1, -0.05) is 6.07 Å². The number of hydrogen-bond donors (Lipinski definition) is 0. The lowest BCUT2D eigenvalue weighted by molar-refractivity contribution is -0.140. The predicted octanol–water partition coefficient (Wildman–Crippen LogP) is 1.68. The average molecular weight is 233 g/mol. The molecule has 0 N–H and O–H groups in total. The fraction of sp³-hybridized carbons (Fsp3) is 0.462. The third kappa shape index (κ3) is 1.52. The molecule has 0 saturated carbocycles. The van der Waals surface area contributed by atoms with Crippen molar-refractivity contribution in [2.45, 2.75) is 18.9 Å². The van der Waals surface area contributed by atoms with Crippen LogP contribution < -0.4 is 9.64 Å². The van der Waals surface area contributed by atoms with Crippen LogP contribution in [0, 0.1) is 0 Å². The average Bonchev–Trinajstić information content (AvgIpc) is 2.31. The molecule has 3 rings (SSSR count). The standard InChI is InChI=1S/C13H15NO3/c1-13(5-6-17-13)9-3-4-11-10(7-9)14(2)12(15)8-16-11/h3-4,7H,5-6,8H2,1-2H3. The van der Waals surface area contributed by atoms with E-state index in [0.29, 0.717) is 0 Å². The summed E-state index contributed by atoms with van der Waals surface area (Å²) in [6.45, 7) is 3.00. The summed E-state index contributed by atoms with van der Waals surface area (Å²) in [6.07, 6.45) is 1.02. The Morgan fingerprint density at radius 3 is 2.82 bits per heavy atom. The summed E-state index contributed by atoms with van der Waals surface area (Å²) in [6, 6.07) is 5.92. The summed E-state index contributed by atoms with van der Waals surface area (Å²) >= 11 is 0. The van der Waals surface area contributed by atoms with Gasteiger partial charge in [0, 0.05) is 13.5 Å². The van der Waals surface area contributed by atoms with E-state index in [1.807, 2.05) is 18.2 Å². The minimum absolute atomic E-state index is 0.0191. The Bertz CT molecular complexity index is 480. The second-order valence-corrected chi connectivity index (χ2v) is 4.75. The van der Waals surface area contributed by atoms with Gasteiger partial charge in [0.15, 0.2) is 6.61 Å². The molecule has 0 aromatic heterocycles. The van der Waals surface area contributed by atoms with Gasteiger partial charge in [0.1, 0.15) is 5.75 Å². The summed E-state index contributed by atoms with van der Waals surface area (Å²) < 4.78 is 11.0. The maximum absolute atomic E-state index is 11.6. The van der Waals surface area contributed by atoms with Crippen molar-refractivity contribution in [3.05, 3.63) is 23.8 Å². The molecule has 1 aromatic carbocycles. The Morgan fingerprint density at radius 1 is 1.41 bits per heavy atom. The zero-order chi connectivity index (χ0) is 12.0. The van der Waals surface area contributed by atoms with E-state index in [-0.39, 0.29) is 18.1 Å². The van der Waals surface area contributed by atoms with Crippen LogP contribution in [0.3, 0.4) is 0 Å². The van der Waals surface area contributed by atoms with E-state index in [4.69, 9.17) is 9.47 Å². The van der Waals surface area contributed by atoms with Crippen molar-refractivity contribution in [3.8, 4) is 5.75 Å². The highest BCUT2D eigenvalue weighted by atomic mass is 16.5. The van der Waals surface area contributed by atoms with Gasteiger partial charge in [0.2, 0.25) is 0 Å². The number of hydrogen-bond acceptors (Lipinski definition) is 3. The first-order valence-electron chi connectivity index (χ1n) is 5.78. The Morgan fingerprint density at radius 2 is 2.18 bits per heavy atom. The molecule has 90 valence electrons. The molecule has 4 nitrogen and oxygen atoms in total. The Kier molecular flexibility index (Phi) is 2.16. The number of rotatable bonds is 1. The topological polar surface area (TPSA) is 38.8 Å². The van der Waals surface area contributed by atoms with E-state index in [2.05, 4.69) is 6.92 Å². The minimum Gasteiger partial charge on any atom is -0.482 e. The van der Waals surface area contributed by atoms with E-state index >= 15 is 0 Å². The maximum atomic E-state index is 11.6. The number of ether oxygens (including phenoxy) is 2. The highest BCUT2D eigenvalue weighted by molar-refractivity contribution is 5.97. The fourth-order valence-corrected chi connectivity index (χ4v) is 2.24. The maximum Gasteiger partial charge on any atom is 0.264 e. The van der Waals surface area contributed by atoms with Gasteiger partial charge in [-0.25, -0.2) is 0 Å². The summed E-state index contributed by atoms with van der Waals surface area (Å²) in [7, 11) is 1.78. The molecule has 2 aliphatic rings. The highest BCUT2D eigenvalue weighted by Crippen LogP contribution is 2.41. The molecule has 0 radical (unpaired) electrons. The smallest absolute Gasteiger partial charge is 0.264 e. The van der Waals surface area contributed by atoms with Gasteiger partial charge >= 0.3 is 0 Å². The molecule has 17 heavy (non-hydrogen) atoms. The zero-order valence-corrected chi connectivity index (χ0v) is 10.0. The molecule has 2 aliphatic heterocycles. The van der Waals surface area contributed by atoms with Crippen molar-refractivity contribution in [3.63, 3.8) is 0 Å². The van der Waals surface area contributed by atoms with E-state index in [1.165, 1.54) is 0 Å². The van der Waals surface area contributed by atoms with E-state index < -0.39 is 0 Å². The molecule has 1 unspecified atom stereocenters. The quantitative estimate of drug-likeness (QED) is 0.740. The first-order chi connectivity index (χ1) is 8.10. The molecule has 4 heteroatoms. The van der Waals surface area contributed by atoms with Crippen molar-refractivity contribution < 1.29 is 14.3 Å². The van der Waals surface area contributed by atoms with Gasteiger partial charge in [0.25, 0.3) is 5.91 Å². The third-order valence-corrected chi connectivity index (χ3v) is 3.66. The summed E-state index contributed by atoms with van der Waals surface area (Å²) in [5.74, 6) is 0.744. The Balaban J connectivity index is 2.03. The number of benzene rings is 1. The minimum atomic E-state index is -0.198. The van der Waals surface area contributed by atoms with Crippen LogP contribution in [0.2, 0.25) is 0 Å². The van der Waals surface area contributed by atoms with Crippen LogP contribution in [0.15, 0.2) is 18.2 Å². The molecule has 1 fully saturated rings. The lowest BCUT2D eigenvalue weighted by Crippen LogP contribution is -2.39. The van der Waals surface area contributed by atoms with Crippen LogP contribution in [-0.2, 0) is 15.1 Å². The van der Waals surface area contributed by atoms with Gasteiger partial charge in [-0.3, -0.25) is 4.79 Å². The van der Waals surface area contributed by atoms with E-state index in [1.54, 1.807) is 11.9 Å². The first-order valence-corrected chi connectivity index (χ1v) is 5.78. The first kappa shape index (κ1) is 10.6. The second-order valence-electron chi connectivity index (χ2n) is 4.75. The van der Waals surface area contributed by atoms with Crippen LogP contribution >= 0.6 is 0 Å². The summed E-state index contributed by atoms with van der Waals surface area (Å²) in [5, 5.41) is 0. The molecular weight excluding hydrogens is 218 g/mol. The van der Waals surface area contributed by atoms with Gasteiger partial charge < -0.3 is 14.4 Å². The van der Waals surface area contributed by atoms with Crippen LogP contribution in [0.4, 0.5) is 5.69 Å². The molecule has 1 aromatic rings.